The first-order valence-electron chi connectivity index (χ1n) is 2.86. The molecule has 9 heavy (non-hydrogen) atoms. The zero-order chi connectivity index (χ0) is 6.69. The van der Waals surface area contributed by atoms with Crippen molar-refractivity contribution in [1.82, 2.24) is 9.97 Å². The van der Waals surface area contributed by atoms with Crippen LogP contribution in [0, 0.1) is 4.77 Å². The van der Waals surface area contributed by atoms with E-state index < -0.39 is 0 Å². The molecule has 3 heteroatoms. The van der Waals surface area contributed by atoms with Crippen LogP contribution in [0.3, 0.4) is 0 Å². The fraction of sp³-hybridized carbons (Fsp3) is 0.333. The molecule has 1 heterocycles. The van der Waals surface area contributed by atoms with E-state index in [-0.39, 0.29) is 0 Å². The number of H-pyrrole nitrogens is 1. The third-order valence-electron chi connectivity index (χ3n) is 1.14. The smallest absolute Gasteiger partial charge is 0.196 e. The predicted octanol–water partition coefficient (Wildman–Crippen LogP) is 1.70. The van der Waals surface area contributed by atoms with Crippen LogP contribution >= 0.6 is 12.2 Å². The highest BCUT2D eigenvalue weighted by molar-refractivity contribution is 7.71. The Morgan fingerprint density at radius 3 is 3.00 bits per heavy atom. The maximum Gasteiger partial charge on any atom is 0.196 e. The molecule has 1 aromatic heterocycles. The molecule has 1 rings (SSSR count). The Kier molecular flexibility index (Phi) is 1.95. The molecule has 0 aliphatic heterocycles. The molecule has 2 nitrogen and oxygen atoms in total. The van der Waals surface area contributed by atoms with Crippen LogP contribution in [0.25, 0.3) is 0 Å². The molecule has 0 amide bonds. The van der Waals surface area contributed by atoms with E-state index in [1.807, 2.05) is 6.20 Å². The molecule has 1 aromatic rings. The van der Waals surface area contributed by atoms with Gasteiger partial charge in [-0.15, -0.1) is 0 Å². The summed E-state index contributed by atoms with van der Waals surface area (Å²) in [5.74, 6) is 0. The van der Waals surface area contributed by atoms with Crippen molar-refractivity contribution < 1.29 is 0 Å². The topological polar surface area (TPSA) is 28.7 Å². The van der Waals surface area contributed by atoms with E-state index in [4.69, 9.17) is 12.2 Å². The summed E-state index contributed by atoms with van der Waals surface area (Å²) in [6.45, 7) is 2.08. The predicted molar refractivity (Wildman–Crippen MR) is 38.8 cm³/mol. The van der Waals surface area contributed by atoms with Gasteiger partial charge in [-0.05, 0) is 24.2 Å². The van der Waals surface area contributed by atoms with Crippen molar-refractivity contribution in [3.05, 3.63) is 22.7 Å². The Morgan fingerprint density at radius 2 is 2.56 bits per heavy atom. The van der Waals surface area contributed by atoms with Crippen LogP contribution in [-0.2, 0) is 6.42 Å². The van der Waals surface area contributed by atoms with Crippen molar-refractivity contribution in [3.8, 4) is 0 Å². The van der Waals surface area contributed by atoms with Crippen LogP contribution in [0.1, 0.15) is 12.5 Å². The SMILES string of the molecule is CCc1cnc(=S)[nH]c1. The molecule has 0 radical (unpaired) electrons. The van der Waals surface area contributed by atoms with E-state index in [0.29, 0.717) is 4.77 Å². The monoisotopic (exact) mass is 140 g/mol. The largest absolute Gasteiger partial charge is 0.337 e. The van der Waals surface area contributed by atoms with Gasteiger partial charge in [0.15, 0.2) is 4.77 Å². The first-order chi connectivity index (χ1) is 4.33. The summed E-state index contributed by atoms with van der Waals surface area (Å²) in [4.78, 5) is 6.76. The van der Waals surface area contributed by atoms with Gasteiger partial charge in [-0.3, -0.25) is 0 Å². The molecule has 1 N–H and O–H groups in total. The van der Waals surface area contributed by atoms with Gasteiger partial charge < -0.3 is 4.98 Å². The molecular weight excluding hydrogens is 132 g/mol. The number of hydrogen-bond donors (Lipinski definition) is 1. The Hall–Kier alpha value is -0.700. The summed E-state index contributed by atoms with van der Waals surface area (Å²) >= 11 is 4.75. The van der Waals surface area contributed by atoms with Crippen molar-refractivity contribution in [2.75, 3.05) is 0 Å². The van der Waals surface area contributed by atoms with Crippen LogP contribution in [0.5, 0.6) is 0 Å². The van der Waals surface area contributed by atoms with E-state index >= 15 is 0 Å². The van der Waals surface area contributed by atoms with E-state index in [9.17, 15) is 0 Å². The quantitative estimate of drug-likeness (QED) is 0.601. The highest BCUT2D eigenvalue weighted by atomic mass is 32.1. The van der Waals surface area contributed by atoms with Gasteiger partial charge in [0.2, 0.25) is 0 Å². The van der Waals surface area contributed by atoms with Gasteiger partial charge in [0.05, 0.1) is 0 Å². The van der Waals surface area contributed by atoms with Crippen LogP contribution in [0.4, 0.5) is 0 Å². The molecule has 0 aromatic carbocycles. The number of nitrogens with zero attached hydrogens (tertiary/aromatic N) is 1. The second kappa shape index (κ2) is 2.73. The number of aromatic amines is 1. The molecule has 0 atom stereocenters. The Morgan fingerprint density at radius 1 is 1.78 bits per heavy atom. The lowest BCUT2D eigenvalue weighted by molar-refractivity contribution is 1.03. The van der Waals surface area contributed by atoms with Crippen molar-refractivity contribution in [2.45, 2.75) is 13.3 Å². The maximum absolute atomic E-state index is 4.75. The molecule has 0 bridgehead atoms. The highest BCUT2D eigenvalue weighted by Gasteiger charge is 1.84. The first kappa shape index (κ1) is 6.42. The van der Waals surface area contributed by atoms with Crippen molar-refractivity contribution in [3.63, 3.8) is 0 Å². The molecule has 0 saturated carbocycles. The number of aryl methyl sites for hydroxylation is 1. The number of hydrogen-bond acceptors (Lipinski definition) is 2. The number of aromatic nitrogens is 2. The number of rotatable bonds is 1. The summed E-state index contributed by atoms with van der Waals surface area (Å²) < 4.78 is 0.548. The van der Waals surface area contributed by atoms with Crippen LogP contribution in [0.2, 0.25) is 0 Å². The zero-order valence-electron chi connectivity index (χ0n) is 5.22. The van der Waals surface area contributed by atoms with Gasteiger partial charge in [-0.25, -0.2) is 4.98 Å². The Bertz CT molecular complexity index is 221. The average Bonchev–Trinajstić information content (AvgIpc) is 1.90. The average molecular weight is 140 g/mol. The minimum Gasteiger partial charge on any atom is -0.337 e. The second-order valence-corrected chi connectivity index (χ2v) is 2.17. The molecule has 0 saturated heterocycles. The highest BCUT2D eigenvalue weighted by Crippen LogP contribution is 1.92. The van der Waals surface area contributed by atoms with E-state index in [1.165, 1.54) is 5.56 Å². The van der Waals surface area contributed by atoms with Gasteiger partial charge in [-0.2, -0.15) is 0 Å². The molecule has 0 aliphatic carbocycles. The van der Waals surface area contributed by atoms with Gasteiger partial charge in [-0.1, -0.05) is 6.92 Å². The van der Waals surface area contributed by atoms with Crippen molar-refractivity contribution in [1.29, 1.82) is 0 Å². The van der Waals surface area contributed by atoms with Crippen LogP contribution in [-0.4, -0.2) is 9.97 Å². The first-order valence-corrected chi connectivity index (χ1v) is 3.27. The summed E-state index contributed by atoms with van der Waals surface area (Å²) in [6.07, 6.45) is 4.67. The minimum absolute atomic E-state index is 0.548. The van der Waals surface area contributed by atoms with Crippen molar-refractivity contribution >= 4 is 12.2 Å². The Labute approximate surface area is 59.0 Å². The third kappa shape index (κ3) is 1.61. The Balaban J connectivity index is 3.02. The number of nitrogens with one attached hydrogen (secondary N) is 1. The molecule has 0 spiro atoms. The fourth-order valence-corrected chi connectivity index (χ4v) is 0.675. The molecular formula is C6H8N2S. The molecule has 48 valence electrons. The van der Waals surface area contributed by atoms with Gasteiger partial charge in [0.1, 0.15) is 0 Å². The third-order valence-corrected chi connectivity index (χ3v) is 1.36. The van der Waals surface area contributed by atoms with Gasteiger partial charge >= 0.3 is 0 Å². The van der Waals surface area contributed by atoms with Gasteiger partial charge in [0.25, 0.3) is 0 Å². The lowest BCUT2D eigenvalue weighted by Crippen LogP contribution is -1.84. The standard InChI is InChI=1S/C6H8N2S/c1-2-5-3-7-6(9)8-4-5/h3-4H,2H2,1H3,(H,7,8,9). The van der Waals surface area contributed by atoms with Gasteiger partial charge in [0, 0.05) is 12.4 Å². The molecule has 0 aliphatic rings. The lowest BCUT2D eigenvalue weighted by atomic mass is 10.3. The second-order valence-electron chi connectivity index (χ2n) is 1.78. The molecule has 0 unspecified atom stereocenters. The summed E-state index contributed by atoms with van der Waals surface area (Å²) in [5.41, 5.74) is 1.18. The normalized spacial score (nSPS) is 9.44. The van der Waals surface area contributed by atoms with Crippen LogP contribution < -0.4 is 0 Å². The van der Waals surface area contributed by atoms with E-state index in [0.717, 1.165) is 6.42 Å². The summed E-state index contributed by atoms with van der Waals surface area (Å²) in [5, 5.41) is 0. The van der Waals surface area contributed by atoms with Crippen molar-refractivity contribution in [2.24, 2.45) is 0 Å². The lowest BCUT2D eigenvalue weighted by Gasteiger charge is -1.90. The van der Waals surface area contributed by atoms with E-state index in [2.05, 4.69) is 16.9 Å². The van der Waals surface area contributed by atoms with Crippen LogP contribution in [0.15, 0.2) is 12.4 Å². The fourth-order valence-electron chi connectivity index (χ4n) is 0.564. The summed E-state index contributed by atoms with van der Waals surface area (Å²) in [6, 6.07) is 0. The zero-order valence-corrected chi connectivity index (χ0v) is 6.03. The molecule has 0 fully saturated rings. The van der Waals surface area contributed by atoms with E-state index in [1.54, 1.807) is 6.20 Å². The minimum atomic E-state index is 0.548. The maximum atomic E-state index is 4.75. The summed E-state index contributed by atoms with van der Waals surface area (Å²) in [7, 11) is 0.